The summed E-state index contributed by atoms with van der Waals surface area (Å²) in [5.41, 5.74) is -0.231. The molecule has 2 fully saturated rings. The minimum absolute atomic E-state index is 0.231. The molecule has 82 valence electrons. The van der Waals surface area contributed by atoms with Crippen LogP contribution in [0.2, 0.25) is 0 Å². The number of rotatable bonds is 3. The van der Waals surface area contributed by atoms with Gasteiger partial charge in [-0.15, -0.1) is 0 Å². The highest BCUT2D eigenvalue weighted by Crippen LogP contribution is 2.37. The zero-order valence-electron chi connectivity index (χ0n) is 8.96. The lowest BCUT2D eigenvalue weighted by Crippen LogP contribution is -2.58. The van der Waals surface area contributed by atoms with Gasteiger partial charge in [-0.2, -0.15) is 0 Å². The number of methoxy groups -OCH3 is 1. The van der Waals surface area contributed by atoms with Crippen molar-refractivity contribution in [3.8, 4) is 0 Å². The third kappa shape index (κ3) is 1.69. The number of hydrogen-bond donors (Lipinski definition) is 2. The molecule has 1 aliphatic carbocycles. The largest absolute Gasteiger partial charge is 0.390 e. The van der Waals surface area contributed by atoms with Crippen molar-refractivity contribution in [1.82, 2.24) is 5.32 Å². The van der Waals surface area contributed by atoms with Crippen LogP contribution >= 0.6 is 0 Å². The molecule has 1 heterocycles. The molecule has 3 heteroatoms. The highest BCUT2D eigenvalue weighted by molar-refractivity contribution is 4.97. The fourth-order valence-corrected chi connectivity index (χ4v) is 2.73. The molecule has 1 saturated heterocycles. The third-order valence-electron chi connectivity index (χ3n) is 3.91. The monoisotopic (exact) mass is 199 g/mol. The molecule has 0 amide bonds. The van der Waals surface area contributed by atoms with Crippen LogP contribution in [-0.2, 0) is 4.74 Å². The summed E-state index contributed by atoms with van der Waals surface area (Å²) in [7, 11) is 1.75. The van der Waals surface area contributed by atoms with Crippen molar-refractivity contribution < 1.29 is 9.84 Å². The first kappa shape index (κ1) is 10.4. The smallest absolute Gasteiger partial charge is 0.0940 e. The molecule has 2 N–H and O–H groups in total. The number of hydrogen-bond acceptors (Lipinski definition) is 3. The van der Waals surface area contributed by atoms with E-state index in [1.165, 1.54) is 19.3 Å². The highest BCUT2D eigenvalue weighted by Gasteiger charge is 2.44. The van der Waals surface area contributed by atoms with Crippen molar-refractivity contribution >= 4 is 0 Å². The maximum absolute atomic E-state index is 10.3. The highest BCUT2D eigenvalue weighted by atomic mass is 16.5. The van der Waals surface area contributed by atoms with E-state index in [0.717, 1.165) is 25.9 Å². The number of aliphatic hydroxyl groups is 1. The van der Waals surface area contributed by atoms with Crippen LogP contribution in [0.3, 0.4) is 0 Å². The molecule has 0 aromatic rings. The van der Waals surface area contributed by atoms with Crippen molar-refractivity contribution in [3.05, 3.63) is 0 Å². The van der Waals surface area contributed by atoms with Gasteiger partial charge >= 0.3 is 0 Å². The summed E-state index contributed by atoms with van der Waals surface area (Å²) < 4.78 is 5.62. The molecule has 14 heavy (non-hydrogen) atoms. The molecule has 2 aliphatic rings. The van der Waals surface area contributed by atoms with E-state index in [1.807, 2.05) is 0 Å². The van der Waals surface area contributed by atoms with Gasteiger partial charge in [-0.1, -0.05) is 19.3 Å². The van der Waals surface area contributed by atoms with Crippen molar-refractivity contribution in [2.45, 2.75) is 43.8 Å². The molecule has 0 spiro atoms. The lowest BCUT2D eigenvalue weighted by molar-refractivity contribution is -0.148. The maximum Gasteiger partial charge on any atom is 0.0940 e. The van der Waals surface area contributed by atoms with Gasteiger partial charge in [0.05, 0.1) is 11.7 Å². The van der Waals surface area contributed by atoms with Crippen LogP contribution in [0.25, 0.3) is 0 Å². The molecular weight excluding hydrogens is 178 g/mol. The average Bonchev–Trinajstić information content (AvgIpc) is 2.16. The minimum atomic E-state index is -0.269. The van der Waals surface area contributed by atoms with Crippen LogP contribution in [0, 0.1) is 5.92 Å². The van der Waals surface area contributed by atoms with Crippen molar-refractivity contribution in [2.75, 3.05) is 20.2 Å². The summed E-state index contributed by atoms with van der Waals surface area (Å²) in [4.78, 5) is 0. The quantitative estimate of drug-likeness (QED) is 0.710. The van der Waals surface area contributed by atoms with E-state index in [4.69, 9.17) is 4.74 Å². The summed E-state index contributed by atoms with van der Waals surface area (Å²) >= 11 is 0. The number of ether oxygens (including phenoxy) is 1. The Morgan fingerprint density at radius 2 is 1.93 bits per heavy atom. The van der Waals surface area contributed by atoms with E-state index in [-0.39, 0.29) is 11.7 Å². The lowest BCUT2D eigenvalue weighted by Gasteiger charge is -2.45. The summed E-state index contributed by atoms with van der Waals surface area (Å²) in [5, 5.41) is 13.5. The lowest BCUT2D eigenvalue weighted by atomic mass is 9.74. The molecule has 3 nitrogen and oxygen atoms in total. The average molecular weight is 199 g/mol. The van der Waals surface area contributed by atoms with E-state index in [2.05, 4.69) is 5.32 Å². The Morgan fingerprint density at radius 3 is 2.36 bits per heavy atom. The van der Waals surface area contributed by atoms with Gasteiger partial charge in [0.15, 0.2) is 0 Å². The van der Waals surface area contributed by atoms with E-state index >= 15 is 0 Å². The molecule has 1 atom stereocenters. The molecule has 1 aliphatic heterocycles. The molecular formula is C11H21NO2. The van der Waals surface area contributed by atoms with Crippen LogP contribution in [0.4, 0.5) is 0 Å². The first-order valence-corrected chi connectivity index (χ1v) is 5.72. The second kappa shape index (κ2) is 4.17. The van der Waals surface area contributed by atoms with Gasteiger partial charge in [-0.3, -0.25) is 0 Å². The molecule has 0 radical (unpaired) electrons. The van der Waals surface area contributed by atoms with Crippen LogP contribution < -0.4 is 5.32 Å². The number of aliphatic hydroxyl groups excluding tert-OH is 1. The minimum Gasteiger partial charge on any atom is -0.390 e. The first-order valence-electron chi connectivity index (χ1n) is 5.72. The van der Waals surface area contributed by atoms with Crippen LogP contribution in [0.15, 0.2) is 0 Å². The van der Waals surface area contributed by atoms with Gasteiger partial charge in [0.1, 0.15) is 0 Å². The zero-order chi connectivity index (χ0) is 10.0. The Bertz CT molecular complexity index is 186. The topological polar surface area (TPSA) is 41.5 Å². The number of nitrogens with one attached hydrogen (secondary N) is 1. The Labute approximate surface area is 85.8 Å². The summed E-state index contributed by atoms with van der Waals surface area (Å²) in [6, 6.07) is 0. The Balaban J connectivity index is 2.01. The summed E-state index contributed by atoms with van der Waals surface area (Å²) in [6.07, 6.45) is 5.48. The van der Waals surface area contributed by atoms with Crippen molar-refractivity contribution in [2.24, 2.45) is 5.92 Å². The van der Waals surface area contributed by atoms with E-state index in [9.17, 15) is 5.11 Å². The SMILES string of the molecule is COC1(C(O)C2CNC2)CCCCC1. The van der Waals surface area contributed by atoms with Gasteiger partial charge in [0.2, 0.25) is 0 Å². The zero-order valence-corrected chi connectivity index (χ0v) is 8.96. The van der Waals surface area contributed by atoms with Crippen LogP contribution in [0.5, 0.6) is 0 Å². The normalized spacial score (nSPS) is 29.6. The Morgan fingerprint density at radius 1 is 1.29 bits per heavy atom. The summed E-state index contributed by atoms with van der Waals surface area (Å²) in [5.74, 6) is 0.410. The predicted molar refractivity (Wildman–Crippen MR) is 55.2 cm³/mol. The third-order valence-corrected chi connectivity index (χ3v) is 3.91. The van der Waals surface area contributed by atoms with Gasteiger partial charge in [0.25, 0.3) is 0 Å². The molecule has 1 unspecified atom stereocenters. The van der Waals surface area contributed by atoms with Gasteiger partial charge < -0.3 is 15.2 Å². The van der Waals surface area contributed by atoms with Crippen molar-refractivity contribution in [1.29, 1.82) is 0 Å². The Kier molecular flexibility index (Phi) is 3.10. The predicted octanol–water partition coefficient (Wildman–Crippen LogP) is 0.916. The maximum atomic E-state index is 10.3. The first-order chi connectivity index (χ1) is 6.78. The van der Waals surface area contributed by atoms with Gasteiger partial charge in [-0.25, -0.2) is 0 Å². The standard InChI is InChI=1S/C11H21NO2/c1-14-11(5-3-2-4-6-11)10(13)9-7-12-8-9/h9-10,12-13H,2-8H2,1H3. The van der Waals surface area contributed by atoms with Crippen molar-refractivity contribution in [3.63, 3.8) is 0 Å². The second-order valence-electron chi connectivity index (χ2n) is 4.69. The van der Waals surface area contributed by atoms with E-state index in [1.54, 1.807) is 7.11 Å². The molecule has 0 bridgehead atoms. The van der Waals surface area contributed by atoms with E-state index < -0.39 is 0 Å². The molecule has 0 aromatic carbocycles. The van der Waals surface area contributed by atoms with Gasteiger partial charge in [0, 0.05) is 26.1 Å². The van der Waals surface area contributed by atoms with E-state index in [0.29, 0.717) is 5.92 Å². The molecule has 2 rings (SSSR count). The summed E-state index contributed by atoms with van der Waals surface area (Å²) in [6.45, 7) is 1.90. The molecule has 1 saturated carbocycles. The van der Waals surface area contributed by atoms with Crippen LogP contribution in [0.1, 0.15) is 32.1 Å². The van der Waals surface area contributed by atoms with Gasteiger partial charge in [-0.05, 0) is 12.8 Å². The molecule has 0 aromatic heterocycles. The fraction of sp³-hybridized carbons (Fsp3) is 1.00. The Hall–Kier alpha value is -0.120. The fourth-order valence-electron chi connectivity index (χ4n) is 2.73. The van der Waals surface area contributed by atoms with Crippen LogP contribution in [-0.4, -0.2) is 37.0 Å². The second-order valence-corrected chi connectivity index (χ2v) is 4.69.